The number of guanidine groups is 1. The van der Waals surface area contributed by atoms with E-state index in [1.807, 2.05) is 30.3 Å². The quantitative estimate of drug-likeness (QED) is 0.585. The van der Waals surface area contributed by atoms with Crippen LogP contribution in [0, 0.1) is 0 Å². The van der Waals surface area contributed by atoms with Crippen molar-refractivity contribution in [3.8, 4) is 0 Å². The molecule has 1 aliphatic heterocycles. The number of aliphatic imine (C=N–C) groups is 1. The summed E-state index contributed by atoms with van der Waals surface area (Å²) in [6, 6.07) is 9.81. The van der Waals surface area contributed by atoms with Crippen LogP contribution in [0.4, 0.5) is 0 Å². The van der Waals surface area contributed by atoms with Gasteiger partial charge in [0.25, 0.3) is 0 Å². The highest BCUT2D eigenvalue weighted by Crippen LogP contribution is 2.14. The average molecular weight is 206 g/mol. The molecule has 72 valence electrons. The lowest BCUT2D eigenvalue weighted by Crippen LogP contribution is -2.49. The molecule has 1 atom stereocenters. The molecule has 2 rings (SSSR count). The smallest absolute Gasteiger partial charge is 0.197 e. The Balaban J connectivity index is 2.28. The number of nitrogens with two attached hydrogens (primary N) is 1. The third-order valence-corrected chi connectivity index (χ3v) is 2.11. The monoisotopic (exact) mass is 206 g/mol. The van der Waals surface area contributed by atoms with Crippen molar-refractivity contribution in [3.63, 3.8) is 0 Å². The second kappa shape index (κ2) is 3.63. The van der Waals surface area contributed by atoms with E-state index in [9.17, 15) is 0 Å². The summed E-state index contributed by atoms with van der Waals surface area (Å²) in [5, 5.41) is 6.25. The summed E-state index contributed by atoms with van der Waals surface area (Å²) in [6.45, 7) is 0. The molecule has 1 aliphatic rings. The molecular formula is C9H10N4S. The van der Waals surface area contributed by atoms with E-state index in [2.05, 4.69) is 15.6 Å². The summed E-state index contributed by atoms with van der Waals surface area (Å²) in [4.78, 5) is 4.19. The molecule has 0 amide bonds. The van der Waals surface area contributed by atoms with Crippen LogP contribution in [0.3, 0.4) is 0 Å². The van der Waals surface area contributed by atoms with Gasteiger partial charge < -0.3 is 16.4 Å². The first kappa shape index (κ1) is 8.96. The maximum atomic E-state index is 5.56. The Morgan fingerprint density at radius 1 is 1.29 bits per heavy atom. The lowest BCUT2D eigenvalue weighted by Gasteiger charge is -2.22. The SMILES string of the molecule is NC1=NC(c2ccccc2)NC(=S)N1. The highest BCUT2D eigenvalue weighted by atomic mass is 32.1. The van der Waals surface area contributed by atoms with Crippen LogP contribution in [0.25, 0.3) is 0 Å². The zero-order valence-electron chi connectivity index (χ0n) is 7.40. The topological polar surface area (TPSA) is 62.4 Å². The van der Waals surface area contributed by atoms with Crippen LogP contribution < -0.4 is 16.4 Å². The molecule has 0 saturated carbocycles. The highest BCUT2D eigenvalue weighted by Gasteiger charge is 2.16. The van der Waals surface area contributed by atoms with Gasteiger partial charge in [-0.3, -0.25) is 0 Å². The van der Waals surface area contributed by atoms with Gasteiger partial charge >= 0.3 is 0 Å². The Morgan fingerprint density at radius 3 is 2.64 bits per heavy atom. The Bertz CT molecular complexity index is 374. The number of thiocarbonyl (C=S) groups is 1. The predicted octanol–water partition coefficient (Wildman–Crippen LogP) is 0.478. The standard InChI is InChI=1S/C9H10N4S/c10-8-11-7(12-9(14)13-8)6-4-2-1-3-5-6/h1-5,7H,(H4,10,11,12,13,14). The third kappa shape index (κ3) is 1.82. The van der Waals surface area contributed by atoms with Gasteiger partial charge in [-0.2, -0.15) is 0 Å². The fourth-order valence-corrected chi connectivity index (χ4v) is 1.49. The number of hydrogen-bond donors (Lipinski definition) is 3. The van der Waals surface area contributed by atoms with Gasteiger partial charge in [-0.1, -0.05) is 30.3 Å². The Labute approximate surface area is 87.2 Å². The minimum absolute atomic E-state index is 0.176. The van der Waals surface area contributed by atoms with Crippen LogP contribution >= 0.6 is 12.2 Å². The summed E-state index contributed by atoms with van der Waals surface area (Å²) >= 11 is 4.98. The molecule has 1 heterocycles. The van der Waals surface area contributed by atoms with Crippen LogP contribution in [-0.2, 0) is 0 Å². The van der Waals surface area contributed by atoms with Crippen molar-refractivity contribution in [1.29, 1.82) is 0 Å². The van der Waals surface area contributed by atoms with Crippen molar-refractivity contribution in [1.82, 2.24) is 10.6 Å². The van der Waals surface area contributed by atoms with Crippen LogP contribution in [0.1, 0.15) is 11.7 Å². The van der Waals surface area contributed by atoms with E-state index < -0.39 is 0 Å². The Hall–Kier alpha value is -1.62. The molecule has 14 heavy (non-hydrogen) atoms. The summed E-state index contributed by atoms with van der Waals surface area (Å²) in [5.74, 6) is 0.350. The zero-order chi connectivity index (χ0) is 9.97. The fraction of sp³-hybridized carbons (Fsp3) is 0.111. The van der Waals surface area contributed by atoms with Crippen molar-refractivity contribution >= 4 is 23.3 Å². The first-order valence-corrected chi connectivity index (χ1v) is 4.62. The van der Waals surface area contributed by atoms with E-state index in [4.69, 9.17) is 18.0 Å². The van der Waals surface area contributed by atoms with Gasteiger partial charge in [0.05, 0.1) is 0 Å². The maximum absolute atomic E-state index is 5.56. The lowest BCUT2D eigenvalue weighted by atomic mass is 10.2. The van der Waals surface area contributed by atoms with Crippen molar-refractivity contribution in [3.05, 3.63) is 35.9 Å². The minimum Gasteiger partial charge on any atom is -0.370 e. The molecule has 0 spiro atoms. The number of benzene rings is 1. The summed E-state index contributed by atoms with van der Waals surface area (Å²) in [5.41, 5.74) is 6.61. The minimum atomic E-state index is -0.176. The molecule has 1 unspecified atom stereocenters. The van der Waals surface area contributed by atoms with Crippen molar-refractivity contribution in [2.75, 3.05) is 0 Å². The average Bonchev–Trinajstić information content (AvgIpc) is 2.18. The van der Waals surface area contributed by atoms with E-state index in [0.29, 0.717) is 11.1 Å². The lowest BCUT2D eigenvalue weighted by molar-refractivity contribution is 0.660. The van der Waals surface area contributed by atoms with Gasteiger partial charge in [-0.05, 0) is 17.8 Å². The van der Waals surface area contributed by atoms with E-state index in [1.54, 1.807) is 0 Å². The van der Waals surface area contributed by atoms with E-state index in [-0.39, 0.29) is 6.17 Å². The van der Waals surface area contributed by atoms with Crippen molar-refractivity contribution < 1.29 is 0 Å². The fourth-order valence-electron chi connectivity index (χ4n) is 1.27. The molecule has 0 radical (unpaired) electrons. The van der Waals surface area contributed by atoms with Gasteiger partial charge in [-0.15, -0.1) is 0 Å². The number of nitrogens with one attached hydrogen (secondary N) is 2. The second-order valence-electron chi connectivity index (χ2n) is 2.93. The molecule has 0 aliphatic carbocycles. The van der Waals surface area contributed by atoms with Crippen LogP contribution in [0.5, 0.6) is 0 Å². The van der Waals surface area contributed by atoms with Crippen LogP contribution in [0.2, 0.25) is 0 Å². The molecule has 4 nitrogen and oxygen atoms in total. The molecular weight excluding hydrogens is 196 g/mol. The first-order chi connectivity index (χ1) is 6.75. The molecule has 0 aromatic heterocycles. The zero-order valence-corrected chi connectivity index (χ0v) is 8.21. The van der Waals surface area contributed by atoms with Gasteiger partial charge in [0, 0.05) is 0 Å². The third-order valence-electron chi connectivity index (χ3n) is 1.89. The van der Waals surface area contributed by atoms with Crippen molar-refractivity contribution in [2.45, 2.75) is 6.17 Å². The highest BCUT2D eigenvalue weighted by molar-refractivity contribution is 7.80. The molecule has 0 fully saturated rings. The van der Waals surface area contributed by atoms with Crippen LogP contribution in [-0.4, -0.2) is 11.1 Å². The van der Waals surface area contributed by atoms with Crippen LogP contribution in [0.15, 0.2) is 35.3 Å². The Kier molecular flexibility index (Phi) is 2.32. The van der Waals surface area contributed by atoms with E-state index >= 15 is 0 Å². The number of nitrogens with zero attached hydrogens (tertiary/aromatic N) is 1. The van der Waals surface area contributed by atoms with Gasteiger partial charge in [0.2, 0.25) is 0 Å². The summed E-state index contributed by atoms with van der Waals surface area (Å²) in [7, 11) is 0. The van der Waals surface area contributed by atoms with Gasteiger partial charge in [-0.25, -0.2) is 4.99 Å². The Morgan fingerprint density at radius 2 is 2.00 bits per heavy atom. The maximum Gasteiger partial charge on any atom is 0.197 e. The molecule has 1 aromatic carbocycles. The molecule has 4 N–H and O–H groups in total. The van der Waals surface area contributed by atoms with E-state index in [0.717, 1.165) is 5.56 Å². The summed E-state index contributed by atoms with van der Waals surface area (Å²) in [6.07, 6.45) is -0.176. The van der Waals surface area contributed by atoms with E-state index in [1.165, 1.54) is 0 Å². The van der Waals surface area contributed by atoms with Crippen molar-refractivity contribution in [2.24, 2.45) is 10.7 Å². The summed E-state index contributed by atoms with van der Waals surface area (Å²) < 4.78 is 0. The largest absolute Gasteiger partial charge is 0.370 e. The first-order valence-electron chi connectivity index (χ1n) is 4.21. The molecule has 0 saturated heterocycles. The number of hydrogen-bond acceptors (Lipinski definition) is 3. The van der Waals surface area contributed by atoms with Gasteiger partial charge in [0.15, 0.2) is 11.1 Å². The number of rotatable bonds is 1. The predicted molar refractivity (Wildman–Crippen MR) is 59.7 cm³/mol. The molecule has 5 heteroatoms. The normalized spacial score (nSPS) is 20.7. The molecule has 0 bridgehead atoms. The second-order valence-corrected chi connectivity index (χ2v) is 3.33. The molecule has 1 aromatic rings. The van der Waals surface area contributed by atoms with Gasteiger partial charge in [0.1, 0.15) is 6.17 Å².